The third-order valence-corrected chi connectivity index (χ3v) is 5.84. The van der Waals surface area contributed by atoms with Crippen LogP contribution in [0.1, 0.15) is 19.8 Å². The van der Waals surface area contributed by atoms with E-state index in [1.165, 1.54) is 6.92 Å². The van der Waals surface area contributed by atoms with E-state index in [-0.39, 0.29) is 23.6 Å². The van der Waals surface area contributed by atoms with Crippen molar-refractivity contribution in [2.24, 2.45) is 5.92 Å². The van der Waals surface area contributed by atoms with Crippen molar-refractivity contribution in [1.82, 2.24) is 4.90 Å². The summed E-state index contributed by atoms with van der Waals surface area (Å²) in [6.45, 7) is 3.12. The fraction of sp³-hybridized carbons (Fsp3) is 0.269. The lowest BCUT2D eigenvalue weighted by molar-refractivity contribution is -0.121. The van der Waals surface area contributed by atoms with E-state index in [0.29, 0.717) is 43.9 Å². The zero-order chi connectivity index (χ0) is 23.2. The highest BCUT2D eigenvalue weighted by Crippen LogP contribution is 2.24. The number of anilines is 3. The maximum Gasteiger partial charge on any atom is 0.238 e. The molecule has 0 bridgehead atoms. The normalized spacial score (nSPS) is 14.6. The number of carbonyl (C=O) groups excluding carboxylic acids is 3. The van der Waals surface area contributed by atoms with Crippen molar-refractivity contribution < 1.29 is 14.4 Å². The van der Waals surface area contributed by atoms with Crippen LogP contribution in [0.5, 0.6) is 0 Å². The summed E-state index contributed by atoms with van der Waals surface area (Å²) in [7, 11) is 0. The minimum absolute atomic E-state index is 0.0326. The minimum atomic E-state index is -0.157. The first kappa shape index (κ1) is 22.5. The molecule has 1 aliphatic rings. The van der Waals surface area contributed by atoms with Crippen LogP contribution in [0.4, 0.5) is 17.1 Å². The van der Waals surface area contributed by atoms with Crippen LogP contribution in [0.3, 0.4) is 0 Å². The summed E-state index contributed by atoms with van der Waals surface area (Å²) in [5, 5.41) is 10.8. The summed E-state index contributed by atoms with van der Waals surface area (Å²) in [5.41, 5.74) is 2.12. The van der Waals surface area contributed by atoms with E-state index < -0.39 is 0 Å². The van der Waals surface area contributed by atoms with Gasteiger partial charge < -0.3 is 16.0 Å². The van der Waals surface area contributed by atoms with Gasteiger partial charge in [-0.3, -0.25) is 19.3 Å². The van der Waals surface area contributed by atoms with Gasteiger partial charge in [-0.05, 0) is 55.6 Å². The predicted molar refractivity (Wildman–Crippen MR) is 131 cm³/mol. The summed E-state index contributed by atoms with van der Waals surface area (Å²) in [6.07, 6.45) is 1.39. The maximum absolute atomic E-state index is 12.7. The molecule has 0 aliphatic carbocycles. The summed E-state index contributed by atoms with van der Waals surface area (Å²) in [6, 6.07) is 21.0. The van der Waals surface area contributed by atoms with Gasteiger partial charge in [0.15, 0.2) is 0 Å². The molecule has 3 aromatic carbocycles. The SMILES string of the molecule is CC(=O)Nc1cccc(NC(=O)C2CCN(CC(=O)Nc3cccc4ccccc34)CC2)c1. The van der Waals surface area contributed by atoms with Crippen LogP contribution in [0.25, 0.3) is 10.8 Å². The third-order valence-electron chi connectivity index (χ3n) is 5.84. The molecule has 1 saturated heterocycles. The molecule has 170 valence electrons. The summed E-state index contributed by atoms with van der Waals surface area (Å²) in [4.78, 5) is 38.6. The number of nitrogens with zero attached hydrogens (tertiary/aromatic N) is 1. The molecule has 4 rings (SSSR count). The molecule has 3 N–H and O–H groups in total. The number of nitrogens with one attached hydrogen (secondary N) is 3. The molecular weight excluding hydrogens is 416 g/mol. The lowest BCUT2D eigenvalue weighted by Gasteiger charge is -2.30. The van der Waals surface area contributed by atoms with Gasteiger partial charge in [0.05, 0.1) is 6.54 Å². The van der Waals surface area contributed by atoms with Gasteiger partial charge in [-0.2, -0.15) is 0 Å². The van der Waals surface area contributed by atoms with E-state index >= 15 is 0 Å². The number of hydrogen-bond acceptors (Lipinski definition) is 4. The first-order valence-electron chi connectivity index (χ1n) is 11.2. The number of piperidine rings is 1. The Morgan fingerprint density at radius 2 is 1.52 bits per heavy atom. The number of amides is 3. The molecular formula is C26H28N4O3. The van der Waals surface area contributed by atoms with Gasteiger partial charge in [0, 0.05) is 35.3 Å². The van der Waals surface area contributed by atoms with Crippen LogP contribution in [-0.4, -0.2) is 42.3 Å². The molecule has 0 unspecified atom stereocenters. The van der Waals surface area contributed by atoms with Crippen LogP contribution in [0, 0.1) is 5.92 Å². The van der Waals surface area contributed by atoms with Crippen LogP contribution < -0.4 is 16.0 Å². The number of carbonyl (C=O) groups is 3. The Bertz CT molecular complexity index is 1160. The van der Waals surface area contributed by atoms with Crippen LogP contribution >= 0.6 is 0 Å². The Morgan fingerprint density at radius 3 is 2.27 bits per heavy atom. The highest BCUT2D eigenvalue weighted by atomic mass is 16.2. The van der Waals surface area contributed by atoms with Crippen molar-refractivity contribution in [3.05, 3.63) is 66.7 Å². The first-order valence-corrected chi connectivity index (χ1v) is 11.2. The molecule has 1 fully saturated rings. The molecule has 3 aromatic rings. The molecule has 1 aliphatic heterocycles. The van der Waals surface area contributed by atoms with E-state index in [4.69, 9.17) is 0 Å². The van der Waals surface area contributed by atoms with Gasteiger partial charge in [-0.25, -0.2) is 0 Å². The highest BCUT2D eigenvalue weighted by Gasteiger charge is 2.26. The fourth-order valence-electron chi connectivity index (χ4n) is 4.20. The van der Waals surface area contributed by atoms with Gasteiger partial charge in [0.25, 0.3) is 0 Å². The highest BCUT2D eigenvalue weighted by molar-refractivity contribution is 6.02. The molecule has 33 heavy (non-hydrogen) atoms. The number of benzene rings is 3. The standard InChI is InChI=1S/C26H28N4O3/c1-18(31)27-21-8-5-9-22(16-21)28-26(33)20-12-14-30(15-13-20)17-25(32)29-24-11-4-7-19-6-2-3-10-23(19)24/h2-11,16,20H,12-15,17H2,1H3,(H,27,31)(H,28,33)(H,29,32). The quantitative estimate of drug-likeness (QED) is 0.534. The van der Waals surface area contributed by atoms with Gasteiger partial charge in [-0.1, -0.05) is 42.5 Å². The summed E-state index contributed by atoms with van der Waals surface area (Å²) in [5.74, 6) is -0.346. The predicted octanol–water partition coefficient (Wildman–Crippen LogP) is 4.09. The number of hydrogen-bond donors (Lipinski definition) is 3. The lowest BCUT2D eigenvalue weighted by atomic mass is 9.95. The average Bonchev–Trinajstić information content (AvgIpc) is 2.79. The second-order valence-electron chi connectivity index (χ2n) is 8.38. The number of fused-ring (bicyclic) bond motifs is 1. The molecule has 7 heteroatoms. The summed E-state index contributed by atoms with van der Waals surface area (Å²) < 4.78 is 0. The van der Waals surface area contributed by atoms with Crippen molar-refractivity contribution in [3.8, 4) is 0 Å². The van der Waals surface area contributed by atoms with E-state index in [2.05, 4.69) is 20.9 Å². The van der Waals surface area contributed by atoms with Crippen molar-refractivity contribution in [2.45, 2.75) is 19.8 Å². The van der Waals surface area contributed by atoms with Crippen molar-refractivity contribution >= 4 is 45.6 Å². The van der Waals surface area contributed by atoms with E-state index in [1.807, 2.05) is 42.5 Å². The summed E-state index contributed by atoms with van der Waals surface area (Å²) >= 11 is 0. The topological polar surface area (TPSA) is 90.5 Å². The second kappa shape index (κ2) is 10.3. The fourth-order valence-corrected chi connectivity index (χ4v) is 4.20. The molecule has 1 heterocycles. The lowest BCUT2D eigenvalue weighted by Crippen LogP contribution is -2.41. The van der Waals surface area contributed by atoms with Crippen LogP contribution in [-0.2, 0) is 14.4 Å². The van der Waals surface area contributed by atoms with Crippen molar-refractivity contribution in [1.29, 1.82) is 0 Å². The molecule has 0 spiro atoms. The Morgan fingerprint density at radius 1 is 0.848 bits per heavy atom. The molecule has 0 atom stereocenters. The Labute approximate surface area is 193 Å². The molecule has 0 aromatic heterocycles. The van der Waals surface area contributed by atoms with Crippen molar-refractivity contribution in [3.63, 3.8) is 0 Å². The minimum Gasteiger partial charge on any atom is -0.326 e. The zero-order valence-electron chi connectivity index (χ0n) is 18.6. The van der Waals surface area contributed by atoms with E-state index in [9.17, 15) is 14.4 Å². The maximum atomic E-state index is 12.7. The number of rotatable bonds is 6. The van der Waals surface area contributed by atoms with Gasteiger partial charge >= 0.3 is 0 Å². The second-order valence-corrected chi connectivity index (χ2v) is 8.38. The zero-order valence-corrected chi connectivity index (χ0v) is 18.6. The Hall–Kier alpha value is -3.71. The van der Waals surface area contributed by atoms with Crippen molar-refractivity contribution in [2.75, 3.05) is 35.6 Å². The van der Waals surface area contributed by atoms with Crippen LogP contribution in [0.2, 0.25) is 0 Å². The molecule has 0 saturated carbocycles. The average molecular weight is 445 g/mol. The van der Waals surface area contributed by atoms with Gasteiger partial charge in [0.2, 0.25) is 17.7 Å². The van der Waals surface area contributed by atoms with Gasteiger partial charge in [0.1, 0.15) is 0 Å². The smallest absolute Gasteiger partial charge is 0.238 e. The van der Waals surface area contributed by atoms with E-state index in [1.54, 1.807) is 24.3 Å². The Kier molecular flexibility index (Phi) is 7.00. The largest absolute Gasteiger partial charge is 0.326 e. The number of likely N-dealkylation sites (tertiary alicyclic amines) is 1. The third kappa shape index (κ3) is 5.96. The van der Waals surface area contributed by atoms with Gasteiger partial charge in [-0.15, -0.1) is 0 Å². The molecule has 0 radical (unpaired) electrons. The van der Waals surface area contributed by atoms with Crippen LogP contribution in [0.15, 0.2) is 66.7 Å². The van der Waals surface area contributed by atoms with E-state index in [0.717, 1.165) is 16.5 Å². The Balaban J connectivity index is 1.27. The monoisotopic (exact) mass is 444 g/mol. The molecule has 7 nitrogen and oxygen atoms in total. The molecule has 3 amide bonds. The first-order chi connectivity index (χ1) is 16.0.